The van der Waals surface area contributed by atoms with Crippen LogP contribution in [-0.2, 0) is 11.8 Å². The summed E-state index contributed by atoms with van der Waals surface area (Å²) in [5.41, 5.74) is 20.2. The summed E-state index contributed by atoms with van der Waals surface area (Å²) in [6.45, 7) is 4.74. The van der Waals surface area contributed by atoms with Gasteiger partial charge in [0.1, 0.15) is 11.2 Å². The molecular weight excluding hydrogens is 667 g/mol. The summed E-state index contributed by atoms with van der Waals surface area (Å²) in [7, 11) is 0. The molecule has 260 valence electrons. The van der Waals surface area contributed by atoms with E-state index in [4.69, 9.17) is 4.42 Å². The lowest BCUT2D eigenvalue weighted by Gasteiger charge is -2.29. The van der Waals surface area contributed by atoms with Gasteiger partial charge in [-0.15, -0.1) is 0 Å². The Bertz CT molecular complexity index is 3210. The summed E-state index contributed by atoms with van der Waals surface area (Å²) in [6.07, 6.45) is 0.971. The van der Waals surface area contributed by atoms with Gasteiger partial charge in [0.25, 0.3) is 0 Å². The van der Waals surface area contributed by atoms with E-state index in [9.17, 15) is 0 Å². The molecule has 12 rings (SSSR count). The van der Waals surface area contributed by atoms with Gasteiger partial charge in [0.15, 0.2) is 0 Å². The predicted octanol–water partition coefficient (Wildman–Crippen LogP) is 14.0. The van der Waals surface area contributed by atoms with Crippen molar-refractivity contribution in [2.24, 2.45) is 0 Å². The van der Waals surface area contributed by atoms with E-state index in [0.29, 0.717) is 0 Å². The second-order valence-corrected chi connectivity index (χ2v) is 16.1. The Morgan fingerprint density at radius 2 is 1.22 bits per heavy atom. The van der Waals surface area contributed by atoms with Gasteiger partial charge in [-0.25, -0.2) is 0 Å². The lowest BCUT2D eigenvalue weighted by Crippen LogP contribution is -2.14. The van der Waals surface area contributed by atoms with Crippen LogP contribution in [0.5, 0.6) is 0 Å². The van der Waals surface area contributed by atoms with E-state index >= 15 is 0 Å². The fourth-order valence-electron chi connectivity index (χ4n) is 10.1. The summed E-state index contributed by atoms with van der Waals surface area (Å²) in [4.78, 5) is 0. The number of furan rings is 1. The number of para-hydroxylation sites is 2. The highest BCUT2D eigenvalue weighted by Gasteiger charge is 2.36. The van der Waals surface area contributed by atoms with E-state index in [1.165, 1.54) is 99.5 Å². The molecule has 8 aromatic carbocycles. The van der Waals surface area contributed by atoms with E-state index < -0.39 is 0 Å². The number of rotatable bonds is 3. The van der Waals surface area contributed by atoms with Crippen molar-refractivity contribution in [1.82, 2.24) is 4.57 Å². The summed E-state index contributed by atoms with van der Waals surface area (Å²) < 4.78 is 8.67. The molecule has 0 bridgehead atoms. The highest BCUT2D eigenvalue weighted by Crippen LogP contribution is 2.51. The Morgan fingerprint density at radius 3 is 2.13 bits per heavy atom. The molecule has 0 radical (unpaired) electrons. The molecule has 1 unspecified atom stereocenters. The molecule has 2 heterocycles. The minimum Gasteiger partial charge on any atom is -0.456 e. The van der Waals surface area contributed by atoms with Crippen LogP contribution in [0.15, 0.2) is 174 Å². The van der Waals surface area contributed by atoms with Crippen LogP contribution in [0.25, 0.3) is 82.8 Å². The van der Waals surface area contributed by atoms with E-state index in [1.807, 2.05) is 6.07 Å². The van der Waals surface area contributed by atoms with Gasteiger partial charge in [0.05, 0.1) is 11.0 Å². The molecule has 10 aromatic rings. The maximum Gasteiger partial charge on any atom is 0.135 e. The zero-order chi connectivity index (χ0) is 36.4. The van der Waals surface area contributed by atoms with Crippen LogP contribution in [0.3, 0.4) is 0 Å². The number of aromatic nitrogens is 1. The molecule has 55 heavy (non-hydrogen) atoms. The lowest BCUT2D eigenvalue weighted by atomic mass is 9.75. The minimum atomic E-state index is -0.0708. The highest BCUT2D eigenvalue weighted by atomic mass is 16.3. The van der Waals surface area contributed by atoms with Crippen molar-refractivity contribution in [2.45, 2.75) is 31.6 Å². The number of benzene rings is 8. The number of hydrogen-bond acceptors (Lipinski definition) is 1. The second kappa shape index (κ2) is 11.2. The first kappa shape index (κ1) is 30.8. The van der Waals surface area contributed by atoms with Gasteiger partial charge in [0.2, 0.25) is 0 Å². The van der Waals surface area contributed by atoms with Crippen LogP contribution in [0, 0.1) is 0 Å². The Hall–Kier alpha value is -6.64. The molecule has 0 amide bonds. The van der Waals surface area contributed by atoms with Gasteiger partial charge in [0, 0.05) is 38.6 Å². The Balaban J connectivity index is 1.04. The summed E-state index contributed by atoms with van der Waals surface area (Å²) in [5.74, 6) is 0.248. The van der Waals surface area contributed by atoms with E-state index in [0.717, 1.165) is 17.6 Å². The summed E-state index contributed by atoms with van der Waals surface area (Å²) in [6, 6.07) is 63.2. The largest absolute Gasteiger partial charge is 0.456 e. The molecule has 0 N–H and O–H groups in total. The maximum absolute atomic E-state index is 6.21. The second-order valence-electron chi connectivity index (χ2n) is 16.1. The van der Waals surface area contributed by atoms with Crippen LogP contribution >= 0.6 is 0 Å². The van der Waals surface area contributed by atoms with E-state index in [-0.39, 0.29) is 11.3 Å². The molecule has 2 heteroatoms. The zero-order valence-electron chi connectivity index (χ0n) is 30.8. The molecule has 2 nitrogen and oxygen atoms in total. The van der Waals surface area contributed by atoms with E-state index in [1.54, 1.807) is 0 Å². The van der Waals surface area contributed by atoms with Gasteiger partial charge >= 0.3 is 0 Å². The topological polar surface area (TPSA) is 18.1 Å². The maximum atomic E-state index is 6.21. The predicted molar refractivity (Wildman–Crippen MR) is 228 cm³/mol. The average Bonchev–Trinajstić information content (AvgIpc) is 3.84. The van der Waals surface area contributed by atoms with Crippen LogP contribution in [-0.4, -0.2) is 4.57 Å². The molecule has 0 saturated carbocycles. The van der Waals surface area contributed by atoms with E-state index in [2.05, 4.69) is 182 Å². The SMILES string of the molecule is CC1(C)c2ccccc2-c2cc3c4cc(-c5ccc6c(c5)-c5ccccc5CC6c5ccc6oc7ccccc7c6c5)ccc4n(-c4ccccc4)c3cc21. The third-order valence-electron chi connectivity index (χ3n) is 12.8. The zero-order valence-corrected chi connectivity index (χ0v) is 30.8. The van der Waals surface area contributed by atoms with Crippen molar-refractivity contribution in [3.05, 3.63) is 198 Å². The monoisotopic (exact) mass is 703 g/mol. The quantitative estimate of drug-likeness (QED) is 0.179. The summed E-state index contributed by atoms with van der Waals surface area (Å²) in [5, 5.41) is 4.93. The summed E-state index contributed by atoms with van der Waals surface area (Å²) >= 11 is 0. The average molecular weight is 704 g/mol. The third kappa shape index (κ3) is 4.37. The van der Waals surface area contributed by atoms with Crippen molar-refractivity contribution in [3.8, 4) is 39.1 Å². The molecular formula is C53H37NO. The Labute approximate surface area is 319 Å². The first-order valence-corrected chi connectivity index (χ1v) is 19.4. The van der Waals surface area contributed by atoms with Crippen LogP contribution in [0.1, 0.15) is 47.6 Å². The lowest BCUT2D eigenvalue weighted by molar-refractivity contribution is 0.661. The fraction of sp³-hybridized carbons (Fsp3) is 0.0943. The van der Waals surface area contributed by atoms with Crippen LogP contribution in [0.2, 0.25) is 0 Å². The normalized spacial score (nSPS) is 15.3. The van der Waals surface area contributed by atoms with Crippen molar-refractivity contribution >= 4 is 43.7 Å². The number of hydrogen-bond donors (Lipinski definition) is 0. The molecule has 0 saturated heterocycles. The van der Waals surface area contributed by atoms with Gasteiger partial charge in [-0.2, -0.15) is 0 Å². The molecule has 0 aliphatic heterocycles. The molecule has 2 aliphatic carbocycles. The van der Waals surface area contributed by atoms with Crippen LogP contribution < -0.4 is 0 Å². The number of fused-ring (bicyclic) bond motifs is 12. The molecule has 2 aromatic heterocycles. The van der Waals surface area contributed by atoms with Crippen molar-refractivity contribution < 1.29 is 4.42 Å². The smallest absolute Gasteiger partial charge is 0.135 e. The molecule has 0 fully saturated rings. The number of nitrogens with zero attached hydrogens (tertiary/aromatic N) is 1. The molecule has 2 aliphatic rings. The first-order valence-electron chi connectivity index (χ1n) is 19.4. The van der Waals surface area contributed by atoms with Gasteiger partial charge in [-0.1, -0.05) is 123 Å². The van der Waals surface area contributed by atoms with Gasteiger partial charge in [-0.05, 0) is 128 Å². The third-order valence-corrected chi connectivity index (χ3v) is 12.8. The Morgan fingerprint density at radius 1 is 0.491 bits per heavy atom. The first-order chi connectivity index (χ1) is 27.0. The van der Waals surface area contributed by atoms with Crippen molar-refractivity contribution in [1.29, 1.82) is 0 Å². The van der Waals surface area contributed by atoms with Gasteiger partial charge in [-0.3, -0.25) is 0 Å². The molecule has 0 spiro atoms. The standard InChI is InChI=1S/C53H37NO/c1-53(2)47-18-10-8-16-39(47)43-30-45-44-27-33(21-24-49(44)54(50(45)31-48(43)53)36-13-4-3-5-14-36)32-20-23-38-41(28-34-12-6-7-15-37(34)42(38)26-32)35-22-25-52-46(29-35)40-17-9-11-19-51(40)55-52/h3-27,29-31,41H,28H2,1-2H3. The van der Waals surface area contributed by atoms with Crippen LogP contribution in [0.4, 0.5) is 0 Å². The highest BCUT2D eigenvalue weighted by molar-refractivity contribution is 6.13. The molecule has 1 atom stereocenters. The Kier molecular flexibility index (Phi) is 6.27. The van der Waals surface area contributed by atoms with Gasteiger partial charge < -0.3 is 8.98 Å². The van der Waals surface area contributed by atoms with Crippen molar-refractivity contribution in [2.75, 3.05) is 0 Å². The minimum absolute atomic E-state index is 0.0708. The fourth-order valence-corrected chi connectivity index (χ4v) is 10.1. The van der Waals surface area contributed by atoms with Crippen molar-refractivity contribution in [3.63, 3.8) is 0 Å².